The van der Waals surface area contributed by atoms with Gasteiger partial charge in [0.25, 0.3) is 5.91 Å². The molecule has 0 aromatic heterocycles. The highest BCUT2D eigenvalue weighted by atomic mass is 35.5. The number of nitrogen functional groups attached to an aromatic ring is 1. The summed E-state index contributed by atoms with van der Waals surface area (Å²) in [6, 6.07) is 31.9. The number of phenolic OH excluding ortho intramolecular Hbond substituents is 1. The first kappa shape index (κ1) is 113. The summed E-state index contributed by atoms with van der Waals surface area (Å²) < 4.78 is 4.60. The molecule has 0 aliphatic rings. The molecule has 0 saturated carbocycles. The Kier molecular flexibility index (Phi) is 69.5. The summed E-state index contributed by atoms with van der Waals surface area (Å²) in [6.45, 7) is 63.8. The van der Waals surface area contributed by atoms with E-state index in [9.17, 15) is 47.9 Å². The van der Waals surface area contributed by atoms with E-state index < -0.39 is 0 Å². The van der Waals surface area contributed by atoms with Crippen molar-refractivity contribution in [1.29, 1.82) is 0 Å². The Morgan fingerprint density at radius 2 is 0.881 bits per heavy atom. The molecule has 14 N–H and O–H groups in total. The lowest BCUT2D eigenvalue weighted by Gasteiger charge is -2.19. The first-order valence-electron chi connectivity index (χ1n) is 37.5. The number of alkyl carbamates (subject to hydrolysis) is 1. The van der Waals surface area contributed by atoms with Gasteiger partial charge < -0.3 is 74.1 Å². The average Bonchev–Trinajstić information content (AvgIpc) is 0.861. The molecule has 0 unspecified atom stereocenters. The zero-order chi connectivity index (χ0) is 86.3. The second-order valence-electron chi connectivity index (χ2n) is 29.5. The van der Waals surface area contributed by atoms with Gasteiger partial charge in [0.15, 0.2) is 0 Å². The van der Waals surface area contributed by atoms with Crippen molar-refractivity contribution < 1.29 is 73.5 Å². The number of aromatic hydroxyl groups is 1. The van der Waals surface area contributed by atoms with Gasteiger partial charge in [-0.25, -0.2) is 9.59 Å². The molecule has 0 aliphatic heterocycles. The molecule has 11 amide bonds. The lowest BCUT2D eigenvalue weighted by atomic mass is 9.87. The van der Waals surface area contributed by atoms with E-state index in [1.807, 2.05) is 187 Å². The van der Waals surface area contributed by atoms with Gasteiger partial charge in [-0.1, -0.05) is 115 Å². The van der Waals surface area contributed by atoms with Crippen molar-refractivity contribution in [3.63, 3.8) is 0 Å². The van der Waals surface area contributed by atoms with Gasteiger partial charge in [-0.2, -0.15) is 0 Å². The monoisotopic (exact) mass is 1570 g/mol. The fraction of sp³-hybridized carbons (Fsp3) is 0.571. The number of carbonyl (C=O) groups is 10. The Morgan fingerprint density at radius 1 is 0.486 bits per heavy atom. The van der Waals surface area contributed by atoms with Crippen molar-refractivity contribution in [2.24, 2.45) is 0 Å². The van der Waals surface area contributed by atoms with Gasteiger partial charge in [0.2, 0.25) is 41.4 Å². The van der Waals surface area contributed by atoms with Gasteiger partial charge in [0.1, 0.15) is 5.75 Å². The van der Waals surface area contributed by atoms with E-state index in [4.69, 9.17) is 22.4 Å². The highest BCUT2D eigenvalue weighted by Crippen LogP contribution is 2.25. The quantitative estimate of drug-likeness (QED) is 0.0307. The third kappa shape index (κ3) is 85.9. The van der Waals surface area contributed by atoms with Crippen molar-refractivity contribution in [3.05, 3.63) is 137 Å². The predicted octanol–water partition coefficient (Wildman–Crippen LogP) is 18.0. The van der Waals surface area contributed by atoms with Gasteiger partial charge in [-0.15, -0.1) is 0 Å². The van der Waals surface area contributed by atoms with Crippen molar-refractivity contribution >= 4 is 82.4 Å². The van der Waals surface area contributed by atoms with E-state index in [1.165, 1.54) is 44.9 Å². The standard InChI is InChI=1S/C12H17NO2.C12H17NO.C10H12ClNO.C10H15N.C7H15NO.C6H14N2O.C6H13NO2.C6H11NO.3C5H11NO.11H2/c1-9(2)13-12(15)8-5-10-3-6-11(14)7-4-10;1-9(14)13-11-7-5-6-10(8-11)12(2,3)4;1-7(2)12-10(13)8-5-3-4-6-9(8)11;1-10(2,3)8-5-4-6-9(11)7-8;1-4-5-7(9)8-6(2)3;1-4-7-6(9)8-5(2)3;1-4-9-6(8)7-5(2)3;1-4-6(8)7-5(2)3;3*1-4(2)6-5(3)7;;;;;;;;;;;/h3-4,6-7,9,14H,5,8H2,1-2H3,(H,13,15);5-8H,1-4H3,(H,13,14);3-7H,1-2H3,(H,12,13);4-7H,11H2,1-3H3;6H,4-5H2,1-3H3,(H,8,9);5H,4H2,1-3H3,(H2,7,8,9);5H,4H2,1-3H3,(H,7,8);4-5H,1H2,2-3H3,(H,7,8);3*4H,1-3H3,(H,6,7);11*1H. The maximum atomic E-state index is 11.5. The second-order valence-corrected chi connectivity index (χ2v) is 29.9. The lowest BCUT2D eigenvalue weighted by molar-refractivity contribution is -0.122. The molecule has 0 atom stereocenters. The van der Waals surface area contributed by atoms with E-state index in [2.05, 4.69) is 123 Å². The van der Waals surface area contributed by atoms with Crippen LogP contribution in [-0.2, 0) is 55.5 Å². The SMILES string of the molecule is C=CC(=O)NC(C)C.CC(=O)NC(C)C.CC(=O)NC(C)C.CC(=O)NC(C)C.CC(=O)Nc1cccc(C(C)(C)C)c1.CC(C)(C)c1cccc(N)c1.CC(C)NC(=O)CCc1ccc(O)cc1.CC(C)NC(=O)c1ccccc1Cl.CCCC(=O)NC(C)C.CCNC(=O)NC(C)C.CCOC(=O)NC(C)C.[HH].[HH].[HH].[HH].[HH].[HH].[HH].[HH].[HH].[HH].[HH]. The van der Waals surface area contributed by atoms with Crippen molar-refractivity contribution in [3.8, 4) is 5.75 Å². The predicted molar refractivity (Wildman–Crippen MR) is 477 cm³/mol. The maximum Gasteiger partial charge on any atom is 0.407 e. The van der Waals surface area contributed by atoms with Crippen LogP contribution in [-0.4, -0.2) is 132 Å². The number of ether oxygens (including phenoxy) is 1. The van der Waals surface area contributed by atoms with Crippen LogP contribution in [0.4, 0.5) is 21.0 Å². The molecule has 24 nitrogen and oxygen atoms in total. The molecule has 25 heteroatoms. The highest BCUT2D eigenvalue weighted by Gasteiger charge is 2.15. The molecule has 0 bridgehead atoms. The van der Waals surface area contributed by atoms with E-state index in [1.54, 1.807) is 43.3 Å². The number of aryl methyl sites for hydroxylation is 1. The van der Waals surface area contributed by atoms with Crippen LogP contribution < -0.4 is 64.2 Å². The number of nitrogens with one attached hydrogen (secondary N) is 11. The van der Waals surface area contributed by atoms with Crippen molar-refractivity contribution in [2.75, 3.05) is 24.2 Å². The number of rotatable bonds is 19. The largest absolute Gasteiger partial charge is 0.508 e. The Bertz CT molecular complexity index is 3090. The molecule has 0 fully saturated rings. The van der Waals surface area contributed by atoms with Crippen LogP contribution in [0.1, 0.15) is 277 Å². The van der Waals surface area contributed by atoms with Crippen LogP contribution in [0, 0.1) is 0 Å². The summed E-state index contributed by atoms with van der Waals surface area (Å²) in [6.07, 6.45) is 3.70. The normalized spacial score (nSPS) is 9.99. The molecule has 4 rings (SSSR count). The molecule has 644 valence electrons. The molecule has 109 heavy (non-hydrogen) atoms. The van der Waals surface area contributed by atoms with Gasteiger partial charge >= 0.3 is 12.1 Å². The minimum absolute atomic E-state index is 0. The number of halogens is 1. The topological polar surface area (TPSA) is 359 Å². The van der Waals surface area contributed by atoms with Crippen LogP contribution in [0.25, 0.3) is 0 Å². The number of anilines is 2. The van der Waals surface area contributed by atoms with E-state index >= 15 is 0 Å². The van der Waals surface area contributed by atoms with E-state index in [-0.39, 0.29) is 146 Å². The number of nitrogens with two attached hydrogens (primary N) is 1. The summed E-state index contributed by atoms with van der Waals surface area (Å²) in [7, 11) is 0. The number of carbonyl (C=O) groups excluding carboxylic acids is 10. The number of urea groups is 1. The molecule has 4 aromatic rings. The number of hydrogen-bond donors (Lipinski definition) is 13. The minimum Gasteiger partial charge on any atom is -0.508 e. The second kappa shape index (κ2) is 67.0. The van der Waals surface area contributed by atoms with Crippen molar-refractivity contribution in [1.82, 2.24) is 53.2 Å². The number of phenols is 1. The molecule has 0 saturated heterocycles. The molecule has 0 aliphatic carbocycles. The van der Waals surface area contributed by atoms with Crippen LogP contribution >= 0.6 is 11.6 Å². The number of hydrogen-bond acceptors (Lipinski definition) is 13. The van der Waals surface area contributed by atoms with Crippen molar-refractivity contribution in [2.45, 2.75) is 306 Å². The Hall–Kier alpha value is -9.19. The fourth-order valence-electron chi connectivity index (χ4n) is 7.64. The third-order valence-corrected chi connectivity index (χ3v) is 12.2. The zero-order valence-corrected chi connectivity index (χ0v) is 73.1. The van der Waals surface area contributed by atoms with E-state index in [0.29, 0.717) is 43.0 Å². The molecule has 4 aromatic carbocycles. The summed E-state index contributed by atoms with van der Waals surface area (Å²) in [5.74, 6) is 0.326. The average molecular weight is 1570 g/mol. The smallest absolute Gasteiger partial charge is 0.407 e. The fourth-order valence-corrected chi connectivity index (χ4v) is 7.86. The molecule has 0 spiro atoms. The van der Waals surface area contributed by atoms with Gasteiger partial charge in [0.05, 0.1) is 17.2 Å². The van der Waals surface area contributed by atoms with Crippen LogP contribution in [0.2, 0.25) is 5.02 Å². The summed E-state index contributed by atoms with van der Waals surface area (Å²) in [5, 5.41) is 39.3. The molecule has 0 heterocycles. The van der Waals surface area contributed by atoms with Gasteiger partial charge in [-0.05, 0) is 233 Å². The first-order valence-corrected chi connectivity index (χ1v) is 37.9. The lowest BCUT2D eigenvalue weighted by Crippen LogP contribution is -2.39. The molecular formula is C84H169ClN12O12. The minimum atomic E-state index is -0.340. The number of benzene rings is 4. The number of amides is 11. The summed E-state index contributed by atoms with van der Waals surface area (Å²) >= 11 is 5.84. The molecular weight excluding hydrogens is 1400 g/mol. The van der Waals surface area contributed by atoms with Crippen LogP contribution in [0.3, 0.4) is 0 Å². The third-order valence-electron chi connectivity index (χ3n) is 11.8. The van der Waals surface area contributed by atoms with Crippen LogP contribution in [0.15, 0.2) is 110 Å². The van der Waals surface area contributed by atoms with Gasteiger partial charge in [-0.3, -0.25) is 38.4 Å². The summed E-state index contributed by atoms with van der Waals surface area (Å²) in [4.78, 5) is 106. The Morgan fingerprint density at radius 3 is 1.19 bits per heavy atom. The Balaban J connectivity index is -0.0000000596. The van der Waals surface area contributed by atoms with E-state index in [0.717, 1.165) is 23.4 Å². The maximum absolute atomic E-state index is 11.5. The Labute approximate surface area is 678 Å². The highest BCUT2D eigenvalue weighted by molar-refractivity contribution is 6.33. The van der Waals surface area contributed by atoms with Gasteiger partial charge in [0, 0.05) is 129 Å². The van der Waals surface area contributed by atoms with Crippen LogP contribution in [0.5, 0.6) is 5.75 Å². The zero-order valence-electron chi connectivity index (χ0n) is 72.4. The molecule has 0 radical (unpaired) electrons. The summed E-state index contributed by atoms with van der Waals surface area (Å²) in [5.41, 5.74) is 11.8. The first-order chi connectivity index (χ1) is 50.1.